The standard InChI is InChI=1S/C17H26N2O4/c1-21-9-4-8-18-17(20)12-19-14-5-2-6-15(11-14)23-13-16-7-3-10-22-16/h2,5-6,11,16,19H,3-4,7-10,12-13H2,1H3,(H,18,20). The van der Waals surface area contributed by atoms with Crippen molar-refractivity contribution in [2.75, 3.05) is 45.3 Å². The van der Waals surface area contributed by atoms with Crippen LogP contribution in [0.2, 0.25) is 0 Å². The first-order chi connectivity index (χ1) is 11.3. The zero-order valence-electron chi connectivity index (χ0n) is 13.7. The Hall–Kier alpha value is -1.79. The van der Waals surface area contributed by atoms with Gasteiger partial charge in [0.25, 0.3) is 0 Å². The molecule has 2 N–H and O–H groups in total. The van der Waals surface area contributed by atoms with Crippen LogP contribution in [0.5, 0.6) is 5.75 Å². The average molecular weight is 322 g/mol. The van der Waals surface area contributed by atoms with E-state index < -0.39 is 0 Å². The van der Waals surface area contributed by atoms with Gasteiger partial charge < -0.3 is 24.8 Å². The van der Waals surface area contributed by atoms with Crippen molar-refractivity contribution in [2.24, 2.45) is 0 Å². The van der Waals surface area contributed by atoms with Gasteiger partial charge in [-0.2, -0.15) is 0 Å². The molecule has 0 saturated carbocycles. The van der Waals surface area contributed by atoms with Crippen LogP contribution in [-0.4, -0.2) is 52.0 Å². The smallest absolute Gasteiger partial charge is 0.239 e. The van der Waals surface area contributed by atoms with E-state index in [1.807, 2.05) is 24.3 Å². The predicted octanol–water partition coefficient (Wildman–Crippen LogP) is 1.81. The molecule has 0 aliphatic carbocycles. The summed E-state index contributed by atoms with van der Waals surface area (Å²) in [4.78, 5) is 11.7. The lowest BCUT2D eigenvalue weighted by Crippen LogP contribution is -2.31. The van der Waals surface area contributed by atoms with Crippen LogP contribution in [0.25, 0.3) is 0 Å². The summed E-state index contributed by atoms with van der Waals surface area (Å²) >= 11 is 0. The Kier molecular flexibility index (Phi) is 7.69. The third-order valence-electron chi connectivity index (χ3n) is 3.59. The Balaban J connectivity index is 1.68. The molecule has 1 aromatic carbocycles. The molecule has 0 aromatic heterocycles. The van der Waals surface area contributed by atoms with Crippen molar-refractivity contribution in [3.8, 4) is 5.75 Å². The summed E-state index contributed by atoms with van der Waals surface area (Å²) in [6.45, 7) is 2.91. The molecule has 1 aliphatic heterocycles. The predicted molar refractivity (Wildman–Crippen MR) is 88.9 cm³/mol. The molecule has 128 valence electrons. The fraction of sp³-hybridized carbons (Fsp3) is 0.588. The Morgan fingerprint density at radius 3 is 3.13 bits per heavy atom. The minimum Gasteiger partial charge on any atom is -0.491 e. The lowest BCUT2D eigenvalue weighted by molar-refractivity contribution is -0.119. The Bertz CT molecular complexity index is 475. The summed E-state index contributed by atoms with van der Waals surface area (Å²) in [5.41, 5.74) is 0.863. The largest absolute Gasteiger partial charge is 0.491 e. The van der Waals surface area contributed by atoms with Gasteiger partial charge in [-0.25, -0.2) is 0 Å². The van der Waals surface area contributed by atoms with E-state index in [0.29, 0.717) is 19.8 Å². The van der Waals surface area contributed by atoms with E-state index in [0.717, 1.165) is 37.3 Å². The van der Waals surface area contributed by atoms with Gasteiger partial charge in [-0.05, 0) is 31.4 Å². The molecule has 2 rings (SSSR count). The second kappa shape index (κ2) is 10.1. The van der Waals surface area contributed by atoms with Crippen LogP contribution in [0.3, 0.4) is 0 Å². The number of rotatable bonds is 10. The third kappa shape index (κ3) is 6.88. The Labute approximate surface area is 137 Å². The molecule has 1 heterocycles. The molecular weight excluding hydrogens is 296 g/mol. The summed E-state index contributed by atoms with van der Waals surface area (Å²) in [6.07, 6.45) is 3.18. The van der Waals surface area contributed by atoms with Crippen molar-refractivity contribution in [1.29, 1.82) is 0 Å². The van der Waals surface area contributed by atoms with Crippen LogP contribution < -0.4 is 15.4 Å². The SMILES string of the molecule is COCCCNC(=O)CNc1cccc(OCC2CCCO2)c1. The van der Waals surface area contributed by atoms with Gasteiger partial charge in [-0.3, -0.25) is 4.79 Å². The molecule has 23 heavy (non-hydrogen) atoms. The number of carbonyl (C=O) groups excluding carboxylic acids is 1. The summed E-state index contributed by atoms with van der Waals surface area (Å²) in [6, 6.07) is 7.62. The molecule has 0 bridgehead atoms. The van der Waals surface area contributed by atoms with Crippen LogP contribution >= 0.6 is 0 Å². The third-order valence-corrected chi connectivity index (χ3v) is 3.59. The van der Waals surface area contributed by atoms with Gasteiger partial charge in [0.15, 0.2) is 0 Å². The summed E-state index contributed by atoms with van der Waals surface area (Å²) < 4.78 is 16.2. The fourth-order valence-electron chi connectivity index (χ4n) is 2.35. The van der Waals surface area contributed by atoms with Gasteiger partial charge >= 0.3 is 0 Å². The molecular formula is C17H26N2O4. The number of amides is 1. The lowest BCUT2D eigenvalue weighted by atomic mass is 10.2. The monoisotopic (exact) mass is 322 g/mol. The van der Waals surface area contributed by atoms with Crippen LogP contribution in [0.15, 0.2) is 24.3 Å². The molecule has 6 nitrogen and oxygen atoms in total. The van der Waals surface area contributed by atoms with Crippen molar-refractivity contribution in [3.63, 3.8) is 0 Å². The first kappa shape index (κ1) is 17.6. The van der Waals surface area contributed by atoms with Gasteiger partial charge in [-0.1, -0.05) is 6.07 Å². The van der Waals surface area contributed by atoms with Gasteiger partial charge in [0.1, 0.15) is 12.4 Å². The van der Waals surface area contributed by atoms with E-state index in [1.165, 1.54) is 0 Å². The highest BCUT2D eigenvalue weighted by Gasteiger charge is 2.15. The number of hydrogen-bond acceptors (Lipinski definition) is 5. The topological polar surface area (TPSA) is 68.8 Å². The summed E-state index contributed by atoms with van der Waals surface area (Å²) in [5.74, 6) is 0.748. The number of ether oxygens (including phenoxy) is 3. The van der Waals surface area contributed by atoms with Gasteiger partial charge in [-0.15, -0.1) is 0 Å². The minimum atomic E-state index is -0.0354. The number of anilines is 1. The van der Waals surface area contributed by atoms with Crippen molar-refractivity contribution >= 4 is 11.6 Å². The van der Waals surface area contributed by atoms with Crippen LogP contribution in [0.4, 0.5) is 5.69 Å². The minimum absolute atomic E-state index is 0.0354. The van der Waals surface area contributed by atoms with Crippen LogP contribution in [0, 0.1) is 0 Å². The van der Waals surface area contributed by atoms with E-state index in [2.05, 4.69) is 10.6 Å². The summed E-state index contributed by atoms with van der Waals surface area (Å²) in [7, 11) is 1.65. The number of hydrogen-bond donors (Lipinski definition) is 2. The molecule has 0 spiro atoms. The first-order valence-electron chi connectivity index (χ1n) is 8.12. The maximum Gasteiger partial charge on any atom is 0.239 e. The zero-order chi connectivity index (χ0) is 16.3. The molecule has 1 saturated heterocycles. The number of carbonyl (C=O) groups is 1. The van der Waals surface area contributed by atoms with Gasteiger partial charge in [0, 0.05) is 38.6 Å². The Morgan fingerprint density at radius 1 is 1.43 bits per heavy atom. The zero-order valence-corrected chi connectivity index (χ0v) is 13.7. The number of methoxy groups -OCH3 is 1. The highest BCUT2D eigenvalue weighted by Crippen LogP contribution is 2.19. The van der Waals surface area contributed by atoms with E-state index in [9.17, 15) is 4.79 Å². The first-order valence-corrected chi connectivity index (χ1v) is 8.12. The number of nitrogens with one attached hydrogen (secondary N) is 2. The molecule has 1 atom stereocenters. The van der Waals surface area contributed by atoms with Crippen molar-refractivity contribution in [1.82, 2.24) is 5.32 Å². The summed E-state index contributed by atoms with van der Waals surface area (Å²) in [5, 5.41) is 5.93. The highest BCUT2D eigenvalue weighted by atomic mass is 16.5. The van der Waals surface area contributed by atoms with E-state index in [4.69, 9.17) is 14.2 Å². The lowest BCUT2D eigenvalue weighted by Gasteiger charge is -2.13. The molecule has 0 radical (unpaired) electrons. The maximum atomic E-state index is 11.7. The second-order valence-electron chi connectivity index (χ2n) is 5.52. The quantitative estimate of drug-likeness (QED) is 0.643. The fourth-order valence-corrected chi connectivity index (χ4v) is 2.35. The molecule has 1 fully saturated rings. The second-order valence-corrected chi connectivity index (χ2v) is 5.52. The van der Waals surface area contributed by atoms with Crippen molar-refractivity contribution in [2.45, 2.75) is 25.4 Å². The highest BCUT2D eigenvalue weighted by molar-refractivity contribution is 5.80. The molecule has 1 amide bonds. The van der Waals surface area contributed by atoms with Gasteiger partial charge in [0.2, 0.25) is 5.91 Å². The Morgan fingerprint density at radius 2 is 2.35 bits per heavy atom. The average Bonchev–Trinajstić information content (AvgIpc) is 3.09. The molecule has 1 unspecified atom stereocenters. The van der Waals surface area contributed by atoms with E-state index in [1.54, 1.807) is 7.11 Å². The van der Waals surface area contributed by atoms with Crippen molar-refractivity contribution in [3.05, 3.63) is 24.3 Å². The van der Waals surface area contributed by atoms with Crippen LogP contribution in [-0.2, 0) is 14.3 Å². The van der Waals surface area contributed by atoms with Crippen molar-refractivity contribution < 1.29 is 19.0 Å². The number of benzene rings is 1. The normalized spacial score (nSPS) is 17.0. The van der Waals surface area contributed by atoms with E-state index in [-0.39, 0.29) is 18.6 Å². The molecule has 1 aromatic rings. The van der Waals surface area contributed by atoms with E-state index >= 15 is 0 Å². The van der Waals surface area contributed by atoms with Crippen LogP contribution in [0.1, 0.15) is 19.3 Å². The molecule has 6 heteroatoms. The molecule has 1 aliphatic rings. The van der Waals surface area contributed by atoms with Gasteiger partial charge in [0.05, 0.1) is 12.6 Å². The maximum absolute atomic E-state index is 11.7.